The molecule has 1 unspecified atom stereocenters. The Morgan fingerprint density at radius 2 is 1.66 bits per heavy atom. The molecule has 12 heteroatoms. The summed E-state index contributed by atoms with van der Waals surface area (Å²) in [6, 6.07) is 11.3. The van der Waals surface area contributed by atoms with Crippen molar-refractivity contribution < 1.29 is 43.9 Å². The number of benzene rings is 2. The van der Waals surface area contributed by atoms with Crippen molar-refractivity contribution in [2.24, 2.45) is 0 Å². The lowest BCUT2D eigenvalue weighted by atomic mass is 10.2. The van der Waals surface area contributed by atoms with E-state index in [0.717, 1.165) is 22.2 Å². The van der Waals surface area contributed by atoms with Crippen LogP contribution in [-0.2, 0) is 19.1 Å². The quantitative estimate of drug-likeness (QED) is 0.189. The van der Waals surface area contributed by atoms with Gasteiger partial charge in [-0.25, -0.2) is 14.8 Å². The Hall–Kier alpha value is -4.44. The standard InChI is InChI=1S/C22H23N3O4.C4H6O5/c1-4-16-6-5-7-17(12-16)25-22-18-13-20(28-10-8-26-2)21(29-11-9-27-3)14-19(18)23-15-24-22;5-2(4(8)9)1-3(6)7/h1,5-7,12-15H,8-11H2,2-3H3,(H,23,24,25);2,5H,1H2,(H,6,7)(H,8,9). The number of aliphatic hydroxyl groups excluding tert-OH is 1. The first-order valence-electron chi connectivity index (χ1n) is 11.3. The maximum Gasteiger partial charge on any atom is 0.333 e. The van der Waals surface area contributed by atoms with Crippen molar-refractivity contribution in [2.45, 2.75) is 12.5 Å². The Morgan fingerprint density at radius 3 is 2.21 bits per heavy atom. The van der Waals surface area contributed by atoms with Gasteiger partial charge < -0.3 is 39.6 Å². The number of rotatable bonds is 13. The highest BCUT2D eigenvalue weighted by Gasteiger charge is 2.16. The van der Waals surface area contributed by atoms with E-state index >= 15 is 0 Å². The van der Waals surface area contributed by atoms with Gasteiger partial charge in [-0.3, -0.25) is 4.79 Å². The molecule has 0 aliphatic heterocycles. The van der Waals surface area contributed by atoms with Gasteiger partial charge in [0.25, 0.3) is 0 Å². The van der Waals surface area contributed by atoms with E-state index in [-0.39, 0.29) is 0 Å². The molecule has 0 amide bonds. The Bertz CT molecular complexity index is 1260. The van der Waals surface area contributed by atoms with Gasteiger partial charge in [0.15, 0.2) is 17.6 Å². The zero-order valence-electron chi connectivity index (χ0n) is 20.9. The fourth-order valence-corrected chi connectivity index (χ4v) is 2.94. The fraction of sp³-hybridized carbons (Fsp3) is 0.308. The highest BCUT2D eigenvalue weighted by atomic mass is 16.5. The molecule has 3 rings (SSSR count). The normalized spacial score (nSPS) is 11.0. The minimum absolute atomic E-state index is 0.392. The van der Waals surface area contributed by atoms with Crippen molar-refractivity contribution in [3.05, 3.63) is 48.3 Å². The third kappa shape index (κ3) is 9.55. The first-order chi connectivity index (χ1) is 18.3. The van der Waals surface area contributed by atoms with Crippen molar-refractivity contribution in [3.63, 3.8) is 0 Å². The summed E-state index contributed by atoms with van der Waals surface area (Å²) in [5, 5.41) is 28.2. The molecule has 3 aromatic rings. The van der Waals surface area contributed by atoms with E-state index in [9.17, 15) is 9.59 Å². The number of nitrogens with zero attached hydrogens (tertiary/aromatic N) is 2. The maximum atomic E-state index is 9.72. The minimum Gasteiger partial charge on any atom is -0.487 e. The third-order valence-electron chi connectivity index (χ3n) is 4.74. The van der Waals surface area contributed by atoms with Crippen LogP contribution < -0.4 is 14.8 Å². The van der Waals surface area contributed by atoms with Gasteiger partial charge in [-0.05, 0) is 24.3 Å². The van der Waals surface area contributed by atoms with Gasteiger partial charge in [0, 0.05) is 36.9 Å². The SMILES string of the molecule is C#Cc1cccc(Nc2ncnc3cc(OCCOC)c(OCCOC)cc23)c1.O=C(O)CC(O)C(=O)O. The summed E-state index contributed by atoms with van der Waals surface area (Å²) in [6.45, 7) is 1.73. The van der Waals surface area contributed by atoms with Crippen LogP contribution in [0.3, 0.4) is 0 Å². The van der Waals surface area contributed by atoms with Crippen LogP contribution in [0, 0.1) is 12.3 Å². The van der Waals surface area contributed by atoms with Crippen LogP contribution in [0.2, 0.25) is 0 Å². The summed E-state index contributed by atoms with van der Waals surface area (Å²) in [6.07, 6.45) is 4.45. The van der Waals surface area contributed by atoms with Gasteiger partial charge in [0.05, 0.1) is 25.2 Å². The largest absolute Gasteiger partial charge is 0.487 e. The van der Waals surface area contributed by atoms with Crippen molar-refractivity contribution in [2.75, 3.05) is 46.0 Å². The molecule has 0 spiro atoms. The van der Waals surface area contributed by atoms with Crippen molar-refractivity contribution in [1.29, 1.82) is 0 Å². The fourth-order valence-electron chi connectivity index (χ4n) is 2.94. The molecule has 2 aromatic carbocycles. The predicted octanol–water partition coefficient (Wildman–Crippen LogP) is 2.31. The first-order valence-corrected chi connectivity index (χ1v) is 11.3. The third-order valence-corrected chi connectivity index (χ3v) is 4.74. The molecule has 1 heterocycles. The number of aliphatic carboxylic acids is 2. The number of carboxylic acids is 2. The Morgan fingerprint density at radius 1 is 1.00 bits per heavy atom. The molecule has 0 radical (unpaired) electrons. The second kappa shape index (κ2) is 15.6. The summed E-state index contributed by atoms with van der Waals surface area (Å²) in [4.78, 5) is 28.2. The van der Waals surface area contributed by atoms with Gasteiger partial charge in [-0.15, -0.1) is 6.42 Å². The summed E-state index contributed by atoms with van der Waals surface area (Å²) < 4.78 is 21.8. The molecule has 4 N–H and O–H groups in total. The number of aliphatic hydroxyl groups is 1. The maximum absolute atomic E-state index is 9.72. The number of ether oxygens (including phenoxy) is 4. The molecule has 0 bridgehead atoms. The predicted molar refractivity (Wildman–Crippen MR) is 138 cm³/mol. The number of nitrogens with one attached hydrogen (secondary N) is 1. The van der Waals surface area contributed by atoms with Crippen molar-refractivity contribution in [1.82, 2.24) is 9.97 Å². The van der Waals surface area contributed by atoms with Crippen LogP contribution in [0.5, 0.6) is 11.5 Å². The molecular weight excluding hydrogens is 498 g/mol. The van der Waals surface area contributed by atoms with Crippen LogP contribution in [0.1, 0.15) is 12.0 Å². The zero-order chi connectivity index (χ0) is 27.9. The minimum atomic E-state index is -1.79. The molecule has 0 aliphatic rings. The molecule has 12 nitrogen and oxygen atoms in total. The number of aromatic nitrogens is 2. The summed E-state index contributed by atoms with van der Waals surface area (Å²) in [5.41, 5.74) is 2.34. The van der Waals surface area contributed by atoms with Gasteiger partial charge in [-0.2, -0.15) is 0 Å². The summed E-state index contributed by atoms with van der Waals surface area (Å²) in [7, 11) is 3.25. The molecule has 0 saturated carbocycles. The lowest BCUT2D eigenvalue weighted by Gasteiger charge is -2.15. The molecule has 1 aromatic heterocycles. The molecule has 0 saturated heterocycles. The number of hydrogen-bond acceptors (Lipinski definition) is 10. The van der Waals surface area contributed by atoms with Gasteiger partial charge in [0.1, 0.15) is 25.4 Å². The number of carboxylic acid groups (broad SMARTS) is 2. The van der Waals surface area contributed by atoms with Crippen LogP contribution in [0.4, 0.5) is 11.5 Å². The van der Waals surface area contributed by atoms with Crippen LogP contribution in [0.25, 0.3) is 10.9 Å². The molecule has 1 atom stereocenters. The van der Waals surface area contributed by atoms with Gasteiger partial charge in [-0.1, -0.05) is 12.0 Å². The van der Waals surface area contributed by atoms with E-state index in [2.05, 4.69) is 21.2 Å². The Kier molecular flexibility index (Phi) is 12.2. The number of carbonyl (C=O) groups is 2. The second-order valence-electron chi connectivity index (χ2n) is 7.52. The number of fused-ring (bicyclic) bond motifs is 1. The second-order valence-corrected chi connectivity index (χ2v) is 7.52. The van der Waals surface area contributed by atoms with Crippen molar-refractivity contribution in [3.8, 4) is 23.8 Å². The number of methoxy groups -OCH3 is 2. The number of anilines is 2. The van der Waals surface area contributed by atoms with Crippen LogP contribution >= 0.6 is 0 Å². The molecule has 0 fully saturated rings. The van der Waals surface area contributed by atoms with Gasteiger partial charge in [0.2, 0.25) is 0 Å². The van der Waals surface area contributed by atoms with E-state index in [4.69, 9.17) is 40.7 Å². The van der Waals surface area contributed by atoms with E-state index in [1.165, 1.54) is 6.33 Å². The summed E-state index contributed by atoms with van der Waals surface area (Å²) >= 11 is 0. The highest BCUT2D eigenvalue weighted by Crippen LogP contribution is 2.35. The lowest BCUT2D eigenvalue weighted by molar-refractivity contribution is -0.152. The monoisotopic (exact) mass is 527 g/mol. The molecule has 0 aliphatic carbocycles. The van der Waals surface area contributed by atoms with Crippen molar-refractivity contribution >= 4 is 34.3 Å². The smallest absolute Gasteiger partial charge is 0.333 e. The average Bonchev–Trinajstić information content (AvgIpc) is 2.89. The zero-order valence-corrected chi connectivity index (χ0v) is 20.9. The summed E-state index contributed by atoms with van der Waals surface area (Å²) in [5.74, 6) is 1.60. The highest BCUT2D eigenvalue weighted by molar-refractivity contribution is 5.93. The van der Waals surface area contributed by atoms with E-state index in [1.807, 2.05) is 36.4 Å². The first kappa shape index (κ1) is 29.8. The van der Waals surface area contributed by atoms with Crippen LogP contribution in [-0.4, -0.2) is 84.0 Å². The van der Waals surface area contributed by atoms with Gasteiger partial charge >= 0.3 is 11.9 Å². The van der Waals surface area contributed by atoms with E-state index in [0.29, 0.717) is 43.7 Å². The van der Waals surface area contributed by atoms with Crippen LogP contribution in [0.15, 0.2) is 42.7 Å². The number of terminal acetylenes is 1. The molecule has 202 valence electrons. The van der Waals surface area contributed by atoms with E-state index in [1.54, 1.807) is 14.2 Å². The average molecular weight is 528 g/mol. The molecular formula is C26H29N3O9. The Labute approximate surface area is 219 Å². The molecule has 38 heavy (non-hydrogen) atoms. The lowest BCUT2D eigenvalue weighted by Crippen LogP contribution is -2.22. The topological polar surface area (TPSA) is 170 Å². The van der Waals surface area contributed by atoms with E-state index < -0.39 is 24.5 Å². The Balaban J connectivity index is 0.000000484. The number of hydrogen-bond donors (Lipinski definition) is 4.